The largest absolute Gasteiger partial charge is 0.356 e. The van der Waals surface area contributed by atoms with Crippen LogP contribution < -0.4 is 5.32 Å². The molecular weight excluding hydrogens is 186 g/mol. The van der Waals surface area contributed by atoms with E-state index < -0.39 is 0 Å². The van der Waals surface area contributed by atoms with Crippen molar-refractivity contribution in [1.29, 1.82) is 0 Å². The van der Waals surface area contributed by atoms with Crippen LogP contribution in [0, 0.1) is 0 Å². The summed E-state index contributed by atoms with van der Waals surface area (Å²) in [5.41, 5.74) is 0. The van der Waals surface area contributed by atoms with E-state index in [0.29, 0.717) is 0 Å². The Labute approximate surface area is 88.9 Å². The van der Waals surface area contributed by atoms with Gasteiger partial charge < -0.3 is 5.32 Å². The van der Waals surface area contributed by atoms with Crippen molar-refractivity contribution in [3.05, 3.63) is 48.5 Å². The van der Waals surface area contributed by atoms with Crippen molar-refractivity contribution in [2.24, 2.45) is 0 Å². The molecule has 3 rings (SSSR count). The predicted octanol–water partition coefficient (Wildman–Crippen LogP) is 2.35. The maximum absolute atomic E-state index is 9.79. The quantitative estimate of drug-likeness (QED) is 0.648. The van der Waals surface area contributed by atoms with Crippen molar-refractivity contribution < 1.29 is 4.79 Å². The van der Waals surface area contributed by atoms with Crippen molar-refractivity contribution in [3.63, 3.8) is 0 Å². The van der Waals surface area contributed by atoms with Crippen LogP contribution in [0.5, 0.6) is 0 Å². The third kappa shape index (κ3) is 2.56. The minimum atomic E-state index is 0.185. The van der Waals surface area contributed by atoms with Gasteiger partial charge in [-0.3, -0.25) is 4.79 Å². The van der Waals surface area contributed by atoms with E-state index in [1.807, 2.05) is 0 Å². The molecule has 0 radical (unpaired) electrons. The molecule has 76 valence electrons. The number of rotatable bonds is 0. The molecule has 1 heterocycles. The number of β-lactam (4-membered cyclic amide) rings is 1. The Bertz CT molecular complexity index is 393. The monoisotopic (exact) mass is 199 g/mol. The maximum atomic E-state index is 9.79. The molecule has 0 aliphatic carbocycles. The number of fused-ring (bicyclic) bond motifs is 1. The zero-order valence-corrected chi connectivity index (χ0v) is 8.44. The van der Waals surface area contributed by atoms with Crippen molar-refractivity contribution in [3.8, 4) is 0 Å². The summed E-state index contributed by atoms with van der Waals surface area (Å²) in [7, 11) is 0. The molecule has 1 fully saturated rings. The Morgan fingerprint density at radius 2 is 1.20 bits per heavy atom. The van der Waals surface area contributed by atoms with E-state index in [-0.39, 0.29) is 5.91 Å². The topological polar surface area (TPSA) is 29.1 Å². The molecule has 15 heavy (non-hydrogen) atoms. The SMILES string of the molecule is O=C1CCN1.c1ccc2ccccc2c1. The lowest BCUT2D eigenvalue weighted by molar-refractivity contribution is -0.125. The van der Waals surface area contributed by atoms with Crippen LogP contribution in [0.15, 0.2) is 48.5 Å². The Kier molecular flexibility index (Phi) is 2.98. The molecule has 1 N–H and O–H groups in total. The summed E-state index contributed by atoms with van der Waals surface area (Å²) in [5.74, 6) is 0.185. The number of carbonyl (C=O) groups is 1. The highest BCUT2D eigenvalue weighted by Gasteiger charge is 2.07. The van der Waals surface area contributed by atoms with Crippen LogP contribution in [0.25, 0.3) is 10.8 Å². The minimum Gasteiger partial charge on any atom is -0.356 e. The van der Waals surface area contributed by atoms with Gasteiger partial charge in [0.05, 0.1) is 0 Å². The van der Waals surface area contributed by atoms with E-state index in [1.54, 1.807) is 0 Å². The van der Waals surface area contributed by atoms with E-state index in [9.17, 15) is 4.79 Å². The molecule has 2 aromatic rings. The first-order valence-corrected chi connectivity index (χ1v) is 5.07. The number of benzene rings is 2. The van der Waals surface area contributed by atoms with E-state index in [0.717, 1.165) is 13.0 Å². The van der Waals surface area contributed by atoms with Crippen LogP contribution in [0.4, 0.5) is 0 Å². The third-order valence-electron chi connectivity index (χ3n) is 2.33. The molecule has 0 aromatic heterocycles. The van der Waals surface area contributed by atoms with Gasteiger partial charge in [0.25, 0.3) is 0 Å². The van der Waals surface area contributed by atoms with Crippen LogP contribution in [-0.4, -0.2) is 12.5 Å². The molecule has 0 unspecified atom stereocenters. The number of carbonyl (C=O) groups excluding carboxylic acids is 1. The van der Waals surface area contributed by atoms with Gasteiger partial charge in [-0.2, -0.15) is 0 Å². The summed E-state index contributed by atoms with van der Waals surface area (Å²) in [6.07, 6.45) is 0.736. The Hall–Kier alpha value is -1.83. The van der Waals surface area contributed by atoms with Crippen LogP contribution >= 0.6 is 0 Å². The fourth-order valence-corrected chi connectivity index (χ4v) is 1.36. The molecule has 0 bridgehead atoms. The van der Waals surface area contributed by atoms with Gasteiger partial charge >= 0.3 is 0 Å². The van der Waals surface area contributed by atoms with Gasteiger partial charge in [0.15, 0.2) is 0 Å². The summed E-state index contributed by atoms with van der Waals surface area (Å²) in [4.78, 5) is 9.79. The van der Waals surface area contributed by atoms with E-state index >= 15 is 0 Å². The molecule has 0 atom stereocenters. The van der Waals surface area contributed by atoms with Gasteiger partial charge in [-0.15, -0.1) is 0 Å². The second kappa shape index (κ2) is 4.60. The Morgan fingerprint density at radius 3 is 1.40 bits per heavy atom. The minimum absolute atomic E-state index is 0.185. The molecule has 1 aliphatic heterocycles. The van der Waals surface area contributed by atoms with Crippen LogP contribution in [0.1, 0.15) is 6.42 Å². The molecule has 0 saturated carbocycles. The summed E-state index contributed by atoms with van der Waals surface area (Å²) in [6.45, 7) is 0.888. The third-order valence-corrected chi connectivity index (χ3v) is 2.33. The first kappa shape index (κ1) is 9.71. The second-order valence-electron chi connectivity index (χ2n) is 3.45. The maximum Gasteiger partial charge on any atom is 0.221 e. The molecule has 1 aliphatic rings. The lowest BCUT2D eigenvalue weighted by atomic mass is 10.1. The summed E-state index contributed by atoms with van der Waals surface area (Å²) < 4.78 is 0. The Morgan fingerprint density at radius 1 is 0.867 bits per heavy atom. The zero-order valence-electron chi connectivity index (χ0n) is 8.44. The van der Waals surface area contributed by atoms with Crippen molar-refractivity contribution >= 4 is 16.7 Å². The molecule has 2 aromatic carbocycles. The van der Waals surface area contributed by atoms with Gasteiger partial charge in [0.1, 0.15) is 0 Å². The average Bonchev–Trinajstić information content (AvgIpc) is 2.27. The van der Waals surface area contributed by atoms with E-state index in [4.69, 9.17) is 0 Å². The summed E-state index contributed by atoms with van der Waals surface area (Å²) in [6, 6.07) is 16.7. The summed E-state index contributed by atoms with van der Waals surface area (Å²) in [5, 5.41) is 5.19. The predicted molar refractivity (Wildman–Crippen MR) is 61.6 cm³/mol. The first-order valence-electron chi connectivity index (χ1n) is 5.07. The van der Waals surface area contributed by atoms with Crippen molar-refractivity contribution in [1.82, 2.24) is 5.32 Å². The van der Waals surface area contributed by atoms with Gasteiger partial charge in [-0.25, -0.2) is 0 Å². The fraction of sp³-hybridized carbons (Fsp3) is 0.154. The molecule has 1 amide bonds. The van der Waals surface area contributed by atoms with Crippen LogP contribution in [0.3, 0.4) is 0 Å². The van der Waals surface area contributed by atoms with Crippen molar-refractivity contribution in [2.45, 2.75) is 6.42 Å². The Balaban J connectivity index is 0.000000144. The number of hydrogen-bond donors (Lipinski definition) is 1. The molecule has 2 nitrogen and oxygen atoms in total. The van der Waals surface area contributed by atoms with Crippen LogP contribution in [0.2, 0.25) is 0 Å². The van der Waals surface area contributed by atoms with E-state index in [2.05, 4.69) is 53.8 Å². The average molecular weight is 199 g/mol. The van der Waals surface area contributed by atoms with Gasteiger partial charge in [-0.05, 0) is 10.8 Å². The molecular formula is C13H13NO. The number of amides is 1. The highest BCUT2D eigenvalue weighted by molar-refractivity contribution is 5.82. The van der Waals surface area contributed by atoms with Gasteiger partial charge in [0.2, 0.25) is 5.91 Å². The van der Waals surface area contributed by atoms with Gasteiger partial charge in [0, 0.05) is 13.0 Å². The normalized spacial score (nSPS) is 13.5. The molecule has 2 heteroatoms. The smallest absolute Gasteiger partial charge is 0.221 e. The molecule has 0 spiro atoms. The summed E-state index contributed by atoms with van der Waals surface area (Å²) >= 11 is 0. The first-order chi connectivity index (χ1) is 7.36. The number of nitrogens with one attached hydrogen (secondary N) is 1. The molecule has 1 saturated heterocycles. The second-order valence-corrected chi connectivity index (χ2v) is 3.45. The van der Waals surface area contributed by atoms with E-state index in [1.165, 1.54) is 10.8 Å². The highest BCUT2D eigenvalue weighted by atomic mass is 16.2. The standard InChI is InChI=1S/C10H8.C3H5NO/c1-2-6-10-8-4-3-7-9(10)5-1;5-3-1-2-4-3/h1-8H;1-2H2,(H,4,5). The van der Waals surface area contributed by atoms with Gasteiger partial charge in [-0.1, -0.05) is 48.5 Å². The fourth-order valence-electron chi connectivity index (χ4n) is 1.36. The zero-order chi connectivity index (χ0) is 10.5. The lowest BCUT2D eigenvalue weighted by Crippen LogP contribution is -2.37. The van der Waals surface area contributed by atoms with Crippen molar-refractivity contribution in [2.75, 3.05) is 6.54 Å². The van der Waals surface area contributed by atoms with Crippen LogP contribution in [-0.2, 0) is 4.79 Å². The highest BCUT2D eigenvalue weighted by Crippen LogP contribution is 2.11. The lowest BCUT2D eigenvalue weighted by Gasteiger charge is -2.10. The number of hydrogen-bond acceptors (Lipinski definition) is 1.